The third-order valence-corrected chi connectivity index (χ3v) is 3.26. The minimum Gasteiger partial charge on any atom is -0.487 e. The van der Waals surface area contributed by atoms with Crippen LogP contribution >= 0.6 is 0 Å². The van der Waals surface area contributed by atoms with Gasteiger partial charge in [0.05, 0.1) is 13.2 Å². The second-order valence-corrected chi connectivity index (χ2v) is 4.60. The first-order valence-corrected chi connectivity index (χ1v) is 6.24. The second kappa shape index (κ2) is 4.90. The summed E-state index contributed by atoms with van der Waals surface area (Å²) in [5, 5.41) is 11.2. The van der Waals surface area contributed by atoms with E-state index in [-0.39, 0.29) is 11.7 Å². The van der Waals surface area contributed by atoms with Crippen molar-refractivity contribution in [3.8, 4) is 5.75 Å². The number of fused-ring (bicyclic) bond motifs is 1. The van der Waals surface area contributed by atoms with E-state index in [1.54, 1.807) is 12.1 Å². The van der Waals surface area contributed by atoms with Crippen LogP contribution in [0.5, 0.6) is 5.75 Å². The number of benzene rings is 2. The van der Waals surface area contributed by atoms with Gasteiger partial charge in [0, 0.05) is 6.42 Å². The molecule has 2 aromatic carbocycles. The van der Waals surface area contributed by atoms with E-state index < -0.39 is 5.97 Å². The first kappa shape index (κ1) is 12.0. The molecule has 19 heavy (non-hydrogen) atoms. The third kappa shape index (κ3) is 2.39. The largest absolute Gasteiger partial charge is 0.487 e. The molecule has 4 nitrogen and oxygen atoms in total. The first-order chi connectivity index (χ1) is 9.24. The van der Waals surface area contributed by atoms with E-state index in [4.69, 9.17) is 9.47 Å². The standard InChI is InChI=1S/C15H14O4/c16-15(17)13-7-10-3-1-2-4-11(10)8-14(13)19-12-5-6-18-9-12/h1-4,7-8,12H,5-6,9H2,(H,16,17). The Hall–Kier alpha value is -2.07. The zero-order valence-electron chi connectivity index (χ0n) is 10.3. The average Bonchev–Trinajstić information content (AvgIpc) is 2.90. The summed E-state index contributed by atoms with van der Waals surface area (Å²) in [7, 11) is 0. The predicted octanol–water partition coefficient (Wildman–Crippen LogP) is 2.71. The van der Waals surface area contributed by atoms with Gasteiger partial charge in [0.2, 0.25) is 0 Å². The summed E-state index contributed by atoms with van der Waals surface area (Å²) >= 11 is 0. The van der Waals surface area contributed by atoms with E-state index in [2.05, 4.69) is 0 Å². The number of carboxylic acid groups (broad SMARTS) is 1. The number of carbonyl (C=O) groups is 1. The topological polar surface area (TPSA) is 55.8 Å². The maximum atomic E-state index is 11.3. The molecule has 0 bridgehead atoms. The molecule has 2 aromatic rings. The maximum Gasteiger partial charge on any atom is 0.339 e. The molecule has 0 amide bonds. The molecule has 1 atom stereocenters. The lowest BCUT2D eigenvalue weighted by atomic mass is 10.1. The van der Waals surface area contributed by atoms with Crippen molar-refractivity contribution >= 4 is 16.7 Å². The van der Waals surface area contributed by atoms with Crippen molar-refractivity contribution in [1.29, 1.82) is 0 Å². The fourth-order valence-electron chi connectivity index (χ4n) is 2.27. The molecule has 1 aliphatic heterocycles. The predicted molar refractivity (Wildman–Crippen MR) is 70.8 cm³/mol. The number of hydrogen-bond donors (Lipinski definition) is 1. The lowest BCUT2D eigenvalue weighted by molar-refractivity contribution is 0.0687. The van der Waals surface area contributed by atoms with Gasteiger partial charge in [0.15, 0.2) is 0 Å². The van der Waals surface area contributed by atoms with Crippen LogP contribution in [0.2, 0.25) is 0 Å². The van der Waals surface area contributed by atoms with Crippen molar-refractivity contribution in [2.24, 2.45) is 0 Å². The molecule has 1 heterocycles. The van der Waals surface area contributed by atoms with Crippen molar-refractivity contribution in [2.75, 3.05) is 13.2 Å². The fraction of sp³-hybridized carbons (Fsp3) is 0.267. The molecular weight excluding hydrogens is 244 g/mol. The summed E-state index contributed by atoms with van der Waals surface area (Å²) in [5.41, 5.74) is 0.200. The Bertz CT molecular complexity index is 615. The van der Waals surface area contributed by atoms with Gasteiger partial charge in [-0.2, -0.15) is 0 Å². The molecule has 0 spiro atoms. The second-order valence-electron chi connectivity index (χ2n) is 4.60. The van der Waals surface area contributed by atoms with Gasteiger partial charge in [-0.25, -0.2) is 4.79 Å². The van der Waals surface area contributed by atoms with Crippen LogP contribution in [0.1, 0.15) is 16.8 Å². The molecule has 0 radical (unpaired) electrons. The van der Waals surface area contributed by atoms with Gasteiger partial charge >= 0.3 is 5.97 Å². The molecule has 98 valence electrons. The molecule has 1 saturated heterocycles. The van der Waals surface area contributed by atoms with Crippen molar-refractivity contribution in [3.63, 3.8) is 0 Å². The van der Waals surface area contributed by atoms with Crippen LogP contribution in [0.3, 0.4) is 0 Å². The van der Waals surface area contributed by atoms with E-state index in [0.717, 1.165) is 17.2 Å². The van der Waals surface area contributed by atoms with Crippen LogP contribution in [0.15, 0.2) is 36.4 Å². The molecule has 0 aromatic heterocycles. The number of hydrogen-bond acceptors (Lipinski definition) is 3. The summed E-state index contributed by atoms with van der Waals surface area (Å²) in [6, 6.07) is 11.1. The van der Waals surface area contributed by atoms with Gasteiger partial charge < -0.3 is 14.6 Å². The summed E-state index contributed by atoms with van der Waals surface area (Å²) in [4.78, 5) is 11.3. The zero-order chi connectivity index (χ0) is 13.2. The van der Waals surface area contributed by atoms with Gasteiger partial charge in [-0.05, 0) is 22.9 Å². The number of aromatic carboxylic acids is 1. The van der Waals surface area contributed by atoms with Crippen LogP contribution in [-0.2, 0) is 4.74 Å². The summed E-state index contributed by atoms with van der Waals surface area (Å²) in [6.45, 7) is 1.19. The molecule has 1 N–H and O–H groups in total. The van der Waals surface area contributed by atoms with Crippen LogP contribution < -0.4 is 4.74 Å². The molecule has 4 heteroatoms. The Morgan fingerprint density at radius 3 is 2.63 bits per heavy atom. The molecule has 0 saturated carbocycles. The highest BCUT2D eigenvalue weighted by molar-refractivity contribution is 5.97. The van der Waals surface area contributed by atoms with Gasteiger partial charge in [0.25, 0.3) is 0 Å². The summed E-state index contributed by atoms with van der Waals surface area (Å²) in [6.07, 6.45) is 0.741. The van der Waals surface area contributed by atoms with Crippen LogP contribution in [0.25, 0.3) is 10.8 Å². The lowest BCUT2D eigenvalue weighted by Gasteiger charge is -2.15. The molecule has 3 rings (SSSR count). The highest BCUT2D eigenvalue weighted by Gasteiger charge is 2.21. The van der Waals surface area contributed by atoms with Crippen molar-refractivity contribution in [1.82, 2.24) is 0 Å². The van der Waals surface area contributed by atoms with E-state index in [9.17, 15) is 9.90 Å². The van der Waals surface area contributed by atoms with Crippen molar-refractivity contribution in [2.45, 2.75) is 12.5 Å². The van der Waals surface area contributed by atoms with Crippen molar-refractivity contribution in [3.05, 3.63) is 42.0 Å². The van der Waals surface area contributed by atoms with Crippen LogP contribution in [-0.4, -0.2) is 30.4 Å². The smallest absolute Gasteiger partial charge is 0.339 e. The SMILES string of the molecule is O=C(O)c1cc2ccccc2cc1OC1CCOC1. The Balaban J connectivity index is 2.04. The maximum absolute atomic E-state index is 11.3. The molecular formula is C15H14O4. The Morgan fingerprint density at radius 2 is 2.00 bits per heavy atom. The summed E-state index contributed by atoms with van der Waals surface area (Å²) < 4.78 is 11.0. The fourth-order valence-corrected chi connectivity index (χ4v) is 2.27. The van der Waals surface area contributed by atoms with Crippen LogP contribution in [0.4, 0.5) is 0 Å². The third-order valence-electron chi connectivity index (χ3n) is 3.26. The Morgan fingerprint density at radius 1 is 1.26 bits per heavy atom. The molecule has 1 unspecified atom stereocenters. The molecule has 0 aliphatic carbocycles. The summed E-state index contributed by atoms with van der Waals surface area (Å²) in [5.74, 6) is -0.554. The molecule has 1 fully saturated rings. The Labute approximate surface area is 110 Å². The van der Waals surface area contributed by atoms with Gasteiger partial charge in [-0.3, -0.25) is 0 Å². The Kier molecular flexibility index (Phi) is 3.09. The van der Waals surface area contributed by atoms with Gasteiger partial charge in [0.1, 0.15) is 17.4 Å². The highest BCUT2D eigenvalue weighted by Crippen LogP contribution is 2.28. The van der Waals surface area contributed by atoms with Crippen molar-refractivity contribution < 1.29 is 19.4 Å². The highest BCUT2D eigenvalue weighted by atomic mass is 16.5. The van der Waals surface area contributed by atoms with E-state index >= 15 is 0 Å². The minimum absolute atomic E-state index is 0.0562. The molecule has 1 aliphatic rings. The van der Waals surface area contributed by atoms with E-state index in [1.807, 2.05) is 24.3 Å². The quantitative estimate of drug-likeness (QED) is 0.919. The van der Waals surface area contributed by atoms with Gasteiger partial charge in [-0.15, -0.1) is 0 Å². The number of ether oxygens (including phenoxy) is 2. The monoisotopic (exact) mass is 258 g/mol. The zero-order valence-corrected chi connectivity index (χ0v) is 10.3. The van der Waals surface area contributed by atoms with Gasteiger partial charge in [-0.1, -0.05) is 24.3 Å². The lowest BCUT2D eigenvalue weighted by Crippen LogP contribution is -2.17. The van der Waals surface area contributed by atoms with E-state index in [0.29, 0.717) is 19.0 Å². The average molecular weight is 258 g/mol. The normalized spacial score (nSPS) is 18.6. The number of rotatable bonds is 3. The first-order valence-electron chi connectivity index (χ1n) is 6.24. The van der Waals surface area contributed by atoms with Crippen LogP contribution in [0, 0.1) is 0 Å². The van der Waals surface area contributed by atoms with E-state index in [1.165, 1.54) is 0 Å². The minimum atomic E-state index is -0.973. The number of carboxylic acids is 1.